The van der Waals surface area contributed by atoms with Gasteiger partial charge < -0.3 is 10.2 Å². The van der Waals surface area contributed by atoms with Crippen LogP contribution in [0.15, 0.2) is 53.4 Å². The van der Waals surface area contributed by atoms with Crippen LogP contribution in [0.4, 0.5) is 5.69 Å². The predicted molar refractivity (Wildman–Crippen MR) is 125 cm³/mol. The van der Waals surface area contributed by atoms with Crippen molar-refractivity contribution in [3.05, 3.63) is 59.7 Å². The lowest BCUT2D eigenvalue weighted by atomic mass is 10.1. The Balaban J connectivity index is 1.84. The van der Waals surface area contributed by atoms with Crippen molar-refractivity contribution in [3.63, 3.8) is 0 Å². The monoisotopic (exact) mass is 457 g/mol. The molecule has 0 atom stereocenters. The van der Waals surface area contributed by atoms with E-state index in [-0.39, 0.29) is 16.4 Å². The zero-order chi connectivity index (χ0) is 23.1. The van der Waals surface area contributed by atoms with Gasteiger partial charge in [0.25, 0.3) is 11.8 Å². The summed E-state index contributed by atoms with van der Waals surface area (Å²) in [6, 6.07) is 12.9. The van der Waals surface area contributed by atoms with Crippen LogP contribution in [-0.4, -0.2) is 55.6 Å². The number of nitrogens with one attached hydrogen (secondary N) is 1. The number of hydrogen-bond donors (Lipinski definition) is 1. The summed E-state index contributed by atoms with van der Waals surface area (Å²) in [5, 5.41) is 2.80. The Morgan fingerprint density at radius 3 is 2.25 bits per heavy atom. The summed E-state index contributed by atoms with van der Waals surface area (Å²) in [6.45, 7) is 5.67. The third-order valence-corrected chi connectivity index (χ3v) is 7.78. The zero-order valence-corrected chi connectivity index (χ0v) is 19.5. The fraction of sp³-hybridized carbons (Fsp3) is 0.417. The van der Waals surface area contributed by atoms with Crippen LogP contribution < -0.4 is 5.32 Å². The predicted octanol–water partition coefficient (Wildman–Crippen LogP) is 3.99. The van der Waals surface area contributed by atoms with Gasteiger partial charge in [0.15, 0.2) is 0 Å². The van der Waals surface area contributed by atoms with E-state index < -0.39 is 15.9 Å². The van der Waals surface area contributed by atoms with Crippen molar-refractivity contribution in [3.8, 4) is 0 Å². The molecule has 0 aliphatic carbocycles. The highest BCUT2D eigenvalue weighted by Crippen LogP contribution is 2.22. The topological polar surface area (TPSA) is 86.8 Å². The van der Waals surface area contributed by atoms with Crippen molar-refractivity contribution < 1.29 is 18.0 Å². The number of carbonyl (C=O) groups is 2. The van der Waals surface area contributed by atoms with Crippen molar-refractivity contribution in [2.45, 2.75) is 44.4 Å². The van der Waals surface area contributed by atoms with Gasteiger partial charge in [0.1, 0.15) is 0 Å². The van der Waals surface area contributed by atoms with Gasteiger partial charge in [-0.25, -0.2) is 8.42 Å². The van der Waals surface area contributed by atoms with E-state index in [1.807, 2.05) is 4.90 Å². The van der Waals surface area contributed by atoms with Crippen LogP contribution in [0.5, 0.6) is 0 Å². The largest absolute Gasteiger partial charge is 0.339 e. The third-order valence-electron chi connectivity index (χ3n) is 5.74. The zero-order valence-electron chi connectivity index (χ0n) is 18.7. The van der Waals surface area contributed by atoms with Gasteiger partial charge in [-0.15, -0.1) is 0 Å². The Hall–Kier alpha value is -2.71. The molecule has 0 radical (unpaired) electrons. The molecule has 2 amide bonds. The molecular formula is C24H31N3O4S. The molecule has 32 heavy (non-hydrogen) atoms. The Bertz CT molecular complexity index is 1060. The molecule has 2 aromatic carbocycles. The van der Waals surface area contributed by atoms with Gasteiger partial charge in [-0.3, -0.25) is 9.59 Å². The normalized spacial score (nSPS) is 14.8. The number of hydrogen-bond acceptors (Lipinski definition) is 4. The highest BCUT2D eigenvalue weighted by Gasteiger charge is 2.24. The molecule has 8 heteroatoms. The molecule has 1 aliphatic heterocycles. The number of para-hydroxylation sites is 1. The molecule has 1 aliphatic rings. The molecule has 0 spiro atoms. The molecule has 1 heterocycles. The smallest absolute Gasteiger partial charge is 0.255 e. The maximum atomic E-state index is 13.1. The summed E-state index contributed by atoms with van der Waals surface area (Å²) in [7, 11) is -3.68. The third kappa shape index (κ3) is 5.37. The minimum atomic E-state index is -3.68. The van der Waals surface area contributed by atoms with Crippen molar-refractivity contribution in [2.75, 3.05) is 31.5 Å². The highest BCUT2D eigenvalue weighted by molar-refractivity contribution is 7.89. The first-order chi connectivity index (χ1) is 15.4. The molecule has 0 aromatic heterocycles. The molecule has 2 aromatic rings. The second kappa shape index (κ2) is 10.7. The first-order valence-corrected chi connectivity index (χ1v) is 12.6. The summed E-state index contributed by atoms with van der Waals surface area (Å²) >= 11 is 0. The van der Waals surface area contributed by atoms with E-state index in [4.69, 9.17) is 0 Å². The average molecular weight is 458 g/mol. The SMILES string of the molecule is CCN(CC)S(=O)(=O)c1cccc(C(=O)Nc2ccccc2C(=O)N2CCCCCC2)c1. The van der Waals surface area contributed by atoms with E-state index in [1.54, 1.807) is 50.2 Å². The molecule has 0 saturated carbocycles. The van der Waals surface area contributed by atoms with E-state index in [2.05, 4.69) is 5.32 Å². The van der Waals surface area contributed by atoms with E-state index >= 15 is 0 Å². The molecule has 0 unspecified atom stereocenters. The summed E-state index contributed by atoms with van der Waals surface area (Å²) in [4.78, 5) is 28.0. The number of carbonyl (C=O) groups excluding carboxylic acids is 2. The molecule has 172 valence electrons. The quantitative estimate of drug-likeness (QED) is 0.681. The minimum absolute atomic E-state index is 0.0720. The van der Waals surface area contributed by atoms with Crippen LogP contribution in [-0.2, 0) is 10.0 Å². The number of likely N-dealkylation sites (tertiary alicyclic amines) is 1. The molecule has 1 saturated heterocycles. The maximum absolute atomic E-state index is 13.1. The first-order valence-electron chi connectivity index (χ1n) is 11.2. The van der Waals surface area contributed by atoms with E-state index in [1.165, 1.54) is 16.4 Å². The molecular weight excluding hydrogens is 426 g/mol. The molecule has 1 N–H and O–H groups in total. The van der Waals surface area contributed by atoms with Crippen LogP contribution in [0.25, 0.3) is 0 Å². The van der Waals surface area contributed by atoms with Gasteiger partial charge >= 0.3 is 0 Å². The van der Waals surface area contributed by atoms with Crippen molar-refractivity contribution in [1.29, 1.82) is 0 Å². The summed E-state index contributed by atoms with van der Waals surface area (Å²) in [5.74, 6) is -0.557. The van der Waals surface area contributed by atoms with Crippen molar-refractivity contribution in [2.24, 2.45) is 0 Å². The van der Waals surface area contributed by atoms with E-state index in [0.29, 0.717) is 37.4 Å². The lowest BCUT2D eigenvalue weighted by Crippen LogP contribution is -2.32. The molecule has 0 bridgehead atoms. The van der Waals surface area contributed by atoms with E-state index in [9.17, 15) is 18.0 Å². The van der Waals surface area contributed by atoms with Gasteiger partial charge in [-0.05, 0) is 43.2 Å². The van der Waals surface area contributed by atoms with Crippen molar-refractivity contribution >= 4 is 27.5 Å². The van der Waals surface area contributed by atoms with Crippen LogP contribution in [0.1, 0.15) is 60.2 Å². The Labute approximate surface area is 190 Å². The maximum Gasteiger partial charge on any atom is 0.255 e. The number of benzene rings is 2. The lowest BCUT2D eigenvalue weighted by Gasteiger charge is -2.22. The van der Waals surface area contributed by atoms with Gasteiger partial charge in [-0.2, -0.15) is 4.31 Å². The number of amides is 2. The highest BCUT2D eigenvalue weighted by atomic mass is 32.2. The standard InChI is InChI=1S/C24H31N3O4S/c1-3-27(4-2)32(30,31)20-13-11-12-19(18-20)23(28)25-22-15-8-7-14-21(22)24(29)26-16-9-5-6-10-17-26/h7-8,11-15,18H,3-6,9-10,16-17H2,1-2H3,(H,25,28). The fourth-order valence-corrected chi connectivity index (χ4v) is 5.43. The summed E-state index contributed by atoms with van der Waals surface area (Å²) in [5.41, 5.74) is 1.08. The van der Waals surface area contributed by atoms with Crippen LogP contribution in [0, 0.1) is 0 Å². The molecule has 1 fully saturated rings. The van der Waals surface area contributed by atoms with Crippen LogP contribution >= 0.6 is 0 Å². The Morgan fingerprint density at radius 2 is 1.59 bits per heavy atom. The van der Waals surface area contributed by atoms with Gasteiger partial charge in [0.2, 0.25) is 10.0 Å². The lowest BCUT2D eigenvalue weighted by molar-refractivity contribution is 0.0762. The second-order valence-corrected chi connectivity index (χ2v) is 9.76. The number of nitrogens with zero attached hydrogens (tertiary/aromatic N) is 2. The van der Waals surface area contributed by atoms with Gasteiger partial charge in [0, 0.05) is 31.7 Å². The Kier molecular flexibility index (Phi) is 8.04. The van der Waals surface area contributed by atoms with Gasteiger partial charge in [-0.1, -0.05) is 44.9 Å². The summed E-state index contributed by atoms with van der Waals surface area (Å²) in [6.07, 6.45) is 4.20. The minimum Gasteiger partial charge on any atom is -0.339 e. The van der Waals surface area contributed by atoms with E-state index in [0.717, 1.165) is 25.7 Å². The Morgan fingerprint density at radius 1 is 0.938 bits per heavy atom. The number of anilines is 1. The molecule has 7 nitrogen and oxygen atoms in total. The fourth-order valence-electron chi connectivity index (χ4n) is 3.93. The number of rotatable bonds is 7. The second-order valence-electron chi connectivity index (χ2n) is 7.82. The van der Waals surface area contributed by atoms with Crippen LogP contribution in [0.3, 0.4) is 0 Å². The van der Waals surface area contributed by atoms with Crippen molar-refractivity contribution in [1.82, 2.24) is 9.21 Å². The van der Waals surface area contributed by atoms with Gasteiger partial charge in [0.05, 0.1) is 16.1 Å². The number of sulfonamides is 1. The summed E-state index contributed by atoms with van der Waals surface area (Å²) < 4.78 is 27.0. The average Bonchev–Trinajstić information content (AvgIpc) is 3.09. The molecule has 3 rings (SSSR count). The first kappa shape index (κ1) is 23.9. The van der Waals surface area contributed by atoms with Crippen LogP contribution in [0.2, 0.25) is 0 Å².